The Kier molecular flexibility index (Phi) is 5.10. The molecule has 55 valence electrons. The van der Waals surface area contributed by atoms with Crippen molar-refractivity contribution in [3.63, 3.8) is 0 Å². The van der Waals surface area contributed by atoms with Crippen LogP contribution < -0.4 is 0 Å². The molecule has 0 heterocycles. The third-order valence-corrected chi connectivity index (χ3v) is 5.30. The number of hydrogen-bond acceptors (Lipinski definition) is 0. The van der Waals surface area contributed by atoms with E-state index in [4.69, 9.17) is 0 Å². The molecule has 0 spiro atoms. The second-order valence-electron chi connectivity index (χ2n) is 2.70. The summed E-state index contributed by atoms with van der Waals surface area (Å²) in [5, 5.41) is 1.72. The Morgan fingerprint density at radius 2 is 2.10 bits per heavy atom. The van der Waals surface area contributed by atoms with E-state index in [1.165, 1.54) is 6.42 Å². The molecule has 0 atom stereocenters. The second kappa shape index (κ2) is 4.69. The zero-order chi connectivity index (χ0) is 6.85. The van der Waals surface area contributed by atoms with Gasteiger partial charge in [-0.25, -0.2) is 0 Å². The second-order valence-corrected chi connectivity index (χ2v) is 7.11. The predicted octanol–water partition coefficient (Wildman–Crippen LogP) is 2.19. The van der Waals surface area contributed by atoms with Crippen molar-refractivity contribution in [3.8, 4) is 0 Å². The third-order valence-electron chi connectivity index (χ3n) is 1.59. The molecule has 0 radical (unpaired) electrons. The fourth-order valence-corrected chi connectivity index (χ4v) is 5.02. The monoisotopic (exact) mass is 249 g/mol. The first kappa shape index (κ1) is 10.9. The Balaban J connectivity index is 0.000000810. The summed E-state index contributed by atoms with van der Waals surface area (Å²) in [5.74, 6) is 0. The summed E-state index contributed by atoms with van der Waals surface area (Å²) in [6, 6.07) is 0. The Hall–Kier alpha value is 0.870. The van der Waals surface area contributed by atoms with Gasteiger partial charge < -0.3 is 0 Å². The zero-order valence-corrected chi connectivity index (χ0v) is 10.8. The van der Waals surface area contributed by atoms with Crippen LogP contribution in [0.1, 0.15) is 6.42 Å². The van der Waals surface area contributed by atoms with Gasteiger partial charge in [0.15, 0.2) is 0 Å². The number of hydrogen-bond donors (Lipinski definition) is 0. The van der Waals surface area contributed by atoms with Crippen LogP contribution in [0, 0.1) is 0 Å². The first-order valence-corrected chi connectivity index (χ1v) is 7.44. The molecule has 1 aliphatic carbocycles. The molecule has 1 aliphatic rings. The number of allylic oxidation sites excluding steroid dienone is 4. The summed E-state index contributed by atoms with van der Waals surface area (Å²) in [6.45, 7) is 4.80. The van der Waals surface area contributed by atoms with Gasteiger partial charge in [-0.1, -0.05) is 0 Å². The molecule has 0 saturated carbocycles. The molecule has 3 heteroatoms. The predicted molar refractivity (Wildman–Crippen MR) is 46.9 cm³/mol. The van der Waals surface area contributed by atoms with Crippen LogP contribution in [0.2, 0.25) is 13.1 Å². The van der Waals surface area contributed by atoms with Gasteiger partial charge in [-0.2, -0.15) is 0 Å². The summed E-state index contributed by atoms with van der Waals surface area (Å²) in [5.41, 5.74) is 0. The minimum atomic E-state index is -0.466. The largest absolute Gasteiger partial charge is 0.147 e. The van der Waals surface area contributed by atoms with Crippen LogP contribution >= 0.6 is 12.4 Å². The average Bonchev–Trinajstić information content (AvgIpc) is 2.13. The fourth-order valence-electron chi connectivity index (χ4n) is 1.06. The van der Waals surface area contributed by atoms with Crippen LogP contribution in [-0.4, -0.2) is 8.80 Å². The maximum atomic E-state index is 2.40. The van der Waals surface area contributed by atoms with Crippen LogP contribution in [0.25, 0.3) is 0 Å². The van der Waals surface area contributed by atoms with E-state index in [1.54, 1.807) is 33.2 Å². The maximum absolute atomic E-state index is 2.40. The molecule has 0 aromatic heterocycles. The molecule has 0 aromatic carbocycles. The summed E-state index contributed by atoms with van der Waals surface area (Å²) in [4.78, 5) is 0. The molecule has 0 bridgehead atoms. The van der Waals surface area contributed by atoms with Gasteiger partial charge in [0.25, 0.3) is 0 Å². The SMILES string of the molecule is C[SiH](C)C1=[C]([Zr])CC=C1.Cl. The summed E-state index contributed by atoms with van der Waals surface area (Å²) in [6.07, 6.45) is 5.88. The van der Waals surface area contributed by atoms with E-state index >= 15 is 0 Å². The molecule has 0 amide bonds. The smallest absolute Gasteiger partial charge is 0.147 e. The van der Waals surface area contributed by atoms with Gasteiger partial charge in [-0.05, 0) is 0 Å². The van der Waals surface area contributed by atoms with Crippen molar-refractivity contribution in [3.05, 3.63) is 20.6 Å². The summed E-state index contributed by atoms with van der Waals surface area (Å²) in [7, 11) is -0.466. The van der Waals surface area contributed by atoms with Gasteiger partial charge in [0, 0.05) is 0 Å². The third kappa shape index (κ3) is 2.48. The maximum Gasteiger partial charge on any atom is -0.147 e. The molecule has 0 aromatic rings. The van der Waals surface area contributed by atoms with Gasteiger partial charge in [0.05, 0.1) is 0 Å². The Morgan fingerprint density at radius 1 is 1.50 bits per heavy atom. The fraction of sp³-hybridized carbons (Fsp3) is 0.429. The number of halogens is 1. The molecular formula is C7H12ClSiZr. The molecule has 0 nitrogen and oxygen atoms in total. The molecule has 0 unspecified atom stereocenters. The van der Waals surface area contributed by atoms with E-state index in [0.29, 0.717) is 0 Å². The normalized spacial score (nSPS) is 16.2. The average molecular weight is 251 g/mol. The molecule has 0 aliphatic heterocycles. The van der Waals surface area contributed by atoms with Crippen molar-refractivity contribution in [1.29, 1.82) is 0 Å². The van der Waals surface area contributed by atoms with E-state index in [2.05, 4.69) is 25.2 Å². The Morgan fingerprint density at radius 3 is 2.30 bits per heavy atom. The first-order chi connectivity index (χ1) is 4.22. The van der Waals surface area contributed by atoms with Crippen molar-refractivity contribution >= 4 is 21.2 Å². The molecular weight excluding hydrogens is 239 g/mol. The van der Waals surface area contributed by atoms with Gasteiger partial charge in [0.2, 0.25) is 0 Å². The van der Waals surface area contributed by atoms with Crippen molar-refractivity contribution in [2.75, 3.05) is 0 Å². The first-order valence-electron chi connectivity index (χ1n) is 3.33. The minimum absolute atomic E-state index is 0. The van der Waals surface area contributed by atoms with Crippen molar-refractivity contribution in [1.82, 2.24) is 0 Å². The quantitative estimate of drug-likeness (QED) is 0.626. The van der Waals surface area contributed by atoms with Crippen molar-refractivity contribution < 1.29 is 24.7 Å². The van der Waals surface area contributed by atoms with Crippen LogP contribution in [-0.2, 0) is 24.7 Å². The summed E-state index contributed by atoms with van der Waals surface area (Å²) >= 11 is 1.63. The molecule has 0 N–H and O–H groups in total. The molecule has 1 rings (SSSR count). The minimum Gasteiger partial charge on any atom is -0.147 e. The van der Waals surface area contributed by atoms with Crippen molar-refractivity contribution in [2.45, 2.75) is 19.5 Å². The van der Waals surface area contributed by atoms with Gasteiger partial charge in [0.1, 0.15) is 0 Å². The Labute approximate surface area is 85.6 Å². The van der Waals surface area contributed by atoms with E-state index in [0.717, 1.165) is 0 Å². The van der Waals surface area contributed by atoms with Crippen LogP contribution in [0.15, 0.2) is 20.6 Å². The van der Waals surface area contributed by atoms with E-state index in [1.807, 2.05) is 0 Å². The van der Waals surface area contributed by atoms with Gasteiger partial charge >= 0.3 is 73.7 Å². The topological polar surface area (TPSA) is 0 Å². The zero-order valence-electron chi connectivity index (χ0n) is 6.35. The van der Waals surface area contributed by atoms with Crippen LogP contribution in [0.4, 0.5) is 0 Å². The van der Waals surface area contributed by atoms with Gasteiger partial charge in [-0.15, -0.1) is 12.4 Å². The number of rotatable bonds is 1. The van der Waals surface area contributed by atoms with Gasteiger partial charge in [-0.3, -0.25) is 0 Å². The van der Waals surface area contributed by atoms with E-state index < -0.39 is 8.80 Å². The van der Waals surface area contributed by atoms with E-state index in [-0.39, 0.29) is 12.4 Å². The molecule has 10 heavy (non-hydrogen) atoms. The standard InChI is InChI=1S/C7H11Si.ClH.Zr/c1-8(2)7-5-3-4-6-7;;/h3,5,8H,4H2,1-2H3;1H;. The summed E-state index contributed by atoms with van der Waals surface area (Å²) < 4.78 is 1.70. The van der Waals surface area contributed by atoms with Crippen LogP contribution in [0.5, 0.6) is 0 Å². The Bertz CT molecular complexity index is 172. The molecule has 0 saturated heterocycles. The van der Waals surface area contributed by atoms with E-state index in [9.17, 15) is 0 Å². The van der Waals surface area contributed by atoms with Crippen LogP contribution in [0.3, 0.4) is 0 Å². The molecule has 0 fully saturated rings. The van der Waals surface area contributed by atoms with Crippen molar-refractivity contribution in [2.24, 2.45) is 0 Å².